The summed E-state index contributed by atoms with van der Waals surface area (Å²) < 4.78 is 34.8. The molecule has 0 aromatic heterocycles. The number of hydrogen-bond acceptors (Lipinski definition) is 7. The second-order valence-corrected chi connectivity index (χ2v) is 29.2. The number of unbranched alkanes of at least 4 members (excludes halogenated alkanes) is 43. The lowest BCUT2D eigenvalue weighted by molar-refractivity contribution is -0.870. The van der Waals surface area contributed by atoms with Crippen molar-refractivity contribution >= 4 is 19.8 Å². The van der Waals surface area contributed by atoms with E-state index in [1.165, 1.54) is 244 Å². The molecule has 2 atom stereocenters. The van der Waals surface area contributed by atoms with Gasteiger partial charge in [-0.3, -0.25) is 18.6 Å². The first-order valence-electron chi connectivity index (χ1n) is 39.5. The molecule has 1 N–H and O–H groups in total. The molecule has 0 heterocycles. The molecule has 0 fully saturated rings. The van der Waals surface area contributed by atoms with Gasteiger partial charge in [0.25, 0.3) is 0 Å². The number of nitrogens with zero attached hydrogens (tertiary/aromatic N) is 1. The Kier molecular flexibility index (Phi) is 70.8. The smallest absolute Gasteiger partial charge is 0.462 e. The zero-order valence-electron chi connectivity index (χ0n) is 61.7. The van der Waals surface area contributed by atoms with Crippen LogP contribution in [0.2, 0.25) is 0 Å². The molecule has 2 unspecified atom stereocenters. The van der Waals surface area contributed by atoms with Crippen molar-refractivity contribution in [2.75, 3.05) is 47.5 Å². The van der Waals surface area contributed by atoms with Gasteiger partial charge in [-0.1, -0.05) is 374 Å². The molecule has 0 rings (SSSR count). The van der Waals surface area contributed by atoms with E-state index in [-0.39, 0.29) is 25.6 Å². The summed E-state index contributed by atoms with van der Waals surface area (Å²) in [6.45, 7) is 4.38. The highest BCUT2D eigenvalue weighted by Crippen LogP contribution is 2.43. The van der Waals surface area contributed by atoms with Gasteiger partial charge < -0.3 is 18.9 Å². The van der Waals surface area contributed by atoms with Gasteiger partial charge in [0.15, 0.2) is 6.10 Å². The number of carbonyl (C=O) groups excluding carboxylic acids is 2. The van der Waals surface area contributed by atoms with Crippen molar-refractivity contribution in [1.29, 1.82) is 0 Å². The second kappa shape index (κ2) is 73.2. The number of likely N-dealkylation sites (N-methyl/N-ethyl adjacent to an activating group) is 1. The summed E-state index contributed by atoms with van der Waals surface area (Å²) in [5.41, 5.74) is 0. The largest absolute Gasteiger partial charge is 0.472 e. The van der Waals surface area contributed by atoms with Gasteiger partial charge in [-0.05, 0) is 77.0 Å². The molecule has 0 spiro atoms. The van der Waals surface area contributed by atoms with E-state index in [1.807, 2.05) is 21.1 Å². The van der Waals surface area contributed by atoms with Gasteiger partial charge in [-0.2, -0.15) is 0 Å². The highest BCUT2D eigenvalue weighted by atomic mass is 31.2. The van der Waals surface area contributed by atoms with Crippen LogP contribution in [-0.4, -0.2) is 74.9 Å². The number of carbonyl (C=O) groups is 2. The van der Waals surface area contributed by atoms with Crippen LogP contribution >= 0.6 is 7.82 Å². The average molecular weight is 1320 g/mol. The maximum atomic E-state index is 12.9. The van der Waals surface area contributed by atoms with Gasteiger partial charge in [-0.25, -0.2) is 4.57 Å². The lowest BCUT2D eigenvalue weighted by Crippen LogP contribution is -2.37. The lowest BCUT2D eigenvalue weighted by atomic mass is 10.0. The molecule has 9 nitrogen and oxygen atoms in total. The molecule has 0 aliphatic heterocycles. The van der Waals surface area contributed by atoms with Crippen molar-refractivity contribution in [3.63, 3.8) is 0 Å². The fourth-order valence-electron chi connectivity index (χ4n) is 11.4. The minimum atomic E-state index is -4.40. The summed E-state index contributed by atoms with van der Waals surface area (Å²) >= 11 is 0. The maximum Gasteiger partial charge on any atom is 0.472 e. The van der Waals surface area contributed by atoms with Crippen molar-refractivity contribution < 1.29 is 42.1 Å². The zero-order valence-corrected chi connectivity index (χ0v) is 62.6. The van der Waals surface area contributed by atoms with Crippen LogP contribution < -0.4 is 0 Å². The Bertz CT molecular complexity index is 1890. The predicted molar refractivity (Wildman–Crippen MR) is 404 cm³/mol. The van der Waals surface area contributed by atoms with Gasteiger partial charge >= 0.3 is 19.8 Å². The van der Waals surface area contributed by atoms with E-state index in [0.717, 1.165) is 89.9 Å². The van der Waals surface area contributed by atoms with Crippen molar-refractivity contribution in [3.05, 3.63) is 97.2 Å². The average Bonchev–Trinajstić information content (AvgIpc) is 2.01. The molecule has 0 saturated heterocycles. The predicted octanol–water partition coefficient (Wildman–Crippen LogP) is 26.2. The first kappa shape index (κ1) is 89.9. The molecular weight excluding hydrogens is 1170 g/mol. The van der Waals surface area contributed by atoms with Crippen LogP contribution in [0.5, 0.6) is 0 Å². The summed E-state index contributed by atoms with van der Waals surface area (Å²) in [6.07, 6.45) is 103. The summed E-state index contributed by atoms with van der Waals surface area (Å²) in [5.74, 6) is -0.783. The third kappa shape index (κ3) is 77.8. The van der Waals surface area contributed by atoms with E-state index in [4.69, 9.17) is 18.5 Å². The lowest BCUT2D eigenvalue weighted by Gasteiger charge is -2.24. The Morgan fingerprint density at radius 1 is 0.344 bits per heavy atom. The Labute approximate surface area is 576 Å². The third-order valence-electron chi connectivity index (χ3n) is 17.4. The SMILES string of the molecule is CC/C=C\C/C=C\C/C=C\C/C=C\C/C=C\C/C=C\C/C=C\C/C=C\CCCCCCCCCCCCCCCCC(=O)OC(COC(=O)CCCCCCCCCCCCCCCCCCCCCCCCCCCCCCCC)COP(=O)(O)OCC[N+](C)(C)C. The molecule has 0 saturated carbocycles. The number of phosphoric acid groups is 1. The van der Waals surface area contributed by atoms with Gasteiger partial charge in [0.2, 0.25) is 0 Å². The van der Waals surface area contributed by atoms with Crippen molar-refractivity contribution in [2.24, 2.45) is 0 Å². The summed E-state index contributed by atoms with van der Waals surface area (Å²) in [6, 6.07) is 0. The molecule has 93 heavy (non-hydrogen) atoms. The Balaban J connectivity index is 3.98. The minimum Gasteiger partial charge on any atom is -0.462 e. The highest BCUT2D eigenvalue weighted by molar-refractivity contribution is 7.47. The van der Waals surface area contributed by atoms with Crippen molar-refractivity contribution in [3.8, 4) is 0 Å². The fourth-order valence-corrected chi connectivity index (χ4v) is 12.1. The maximum absolute atomic E-state index is 12.9. The van der Waals surface area contributed by atoms with E-state index in [9.17, 15) is 19.0 Å². The molecule has 540 valence electrons. The number of rotatable bonds is 73. The zero-order chi connectivity index (χ0) is 67.6. The summed E-state index contributed by atoms with van der Waals surface area (Å²) in [4.78, 5) is 36.0. The molecule has 10 heteroatoms. The Morgan fingerprint density at radius 3 is 0.914 bits per heavy atom. The molecule has 0 amide bonds. The summed E-state index contributed by atoms with van der Waals surface area (Å²) in [5, 5.41) is 0. The van der Waals surface area contributed by atoms with Gasteiger partial charge in [0.1, 0.15) is 19.8 Å². The Hall–Kier alpha value is -3.07. The standard InChI is InChI=1S/C83H150NO8P/c1-6-8-10-12-14-16-18-20-22-24-26-28-30-32-34-36-38-39-40-41-42-43-44-45-46-48-50-52-54-56-58-60-62-64-66-68-70-72-74-76-83(86)92-81(80-91-93(87,88)90-78-77-84(3,4)5)79-89-82(85)75-73-71-69-67-65-63-61-59-57-55-53-51-49-47-37-35-33-31-29-27-25-23-21-19-17-15-13-11-9-7-2/h8,10,14,16,20,22,26,28,32,34,38-39,41-42,44-45,81H,6-7,9,11-13,15,17-19,21,23-25,27,29-31,33,35-37,40,43,46-80H2,1-5H3/p+1/b10-8-,16-14-,22-20-,28-26-,34-32-,39-38-,42-41-,45-44-. The van der Waals surface area contributed by atoms with E-state index in [2.05, 4.69) is 111 Å². The van der Waals surface area contributed by atoms with Gasteiger partial charge in [-0.15, -0.1) is 0 Å². The molecule has 0 aromatic carbocycles. The van der Waals surface area contributed by atoms with Crippen LogP contribution in [0.15, 0.2) is 97.2 Å². The topological polar surface area (TPSA) is 108 Å². The van der Waals surface area contributed by atoms with E-state index < -0.39 is 26.5 Å². The molecule has 0 aromatic rings. The molecule has 0 bridgehead atoms. The van der Waals surface area contributed by atoms with E-state index in [0.29, 0.717) is 23.9 Å². The van der Waals surface area contributed by atoms with Crippen LogP contribution in [0.1, 0.15) is 367 Å². The van der Waals surface area contributed by atoms with Gasteiger partial charge in [0, 0.05) is 12.8 Å². The number of esters is 2. The molecular formula is C83H151NO8P+. The first-order chi connectivity index (χ1) is 45.5. The van der Waals surface area contributed by atoms with Crippen LogP contribution in [0, 0.1) is 0 Å². The fraction of sp³-hybridized carbons (Fsp3) is 0.783. The van der Waals surface area contributed by atoms with Gasteiger partial charge in [0.05, 0.1) is 27.7 Å². The Morgan fingerprint density at radius 2 is 0.613 bits per heavy atom. The number of hydrogen-bond donors (Lipinski definition) is 1. The van der Waals surface area contributed by atoms with Crippen molar-refractivity contribution in [1.82, 2.24) is 0 Å². The third-order valence-corrected chi connectivity index (χ3v) is 18.4. The summed E-state index contributed by atoms with van der Waals surface area (Å²) in [7, 11) is 1.49. The monoisotopic (exact) mass is 1320 g/mol. The molecule has 0 radical (unpaired) electrons. The number of ether oxygens (including phenoxy) is 2. The number of phosphoric ester groups is 1. The normalized spacial score (nSPS) is 13.6. The van der Waals surface area contributed by atoms with E-state index >= 15 is 0 Å². The quantitative estimate of drug-likeness (QED) is 0.0211. The molecule has 0 aliphatic carbocycles. The number of quaternary nitrogens is 1. The number of allylic oxidation sites excluding steroid dienone is 16. The van der Waals surface area contributed by atoms with Crippen LogP contribution in [0.4, 0.5) is 0 Å². The first-order valence-corrected chi connectivity index (χ1v) is 41.0. The van der Waals surface area contributed by atoms with Crippen LogP contribution in [0.3, 0.4) is 0 Å². The van der Waals surface area contributed by atoms with E-state index in [1.54, 1.807) is 0 Å². The van der Waals surface area contributed by atoms with Crippen LogP contribution in [-0.2, 0) is 32.7 Å². The van der Waals surface area contributed by atoms with Crippen molar-refractivity contribution in [2.45, 2.75) is 373 Å². The molecule has 0 aliphatic rings. The second-order valence-electron chi connectivity index (χ2n) is 27.7. The van der Waals surface area contributed by atoms with Crippen LogP contribution in [0.25, 0.3) is 0 Å². The minimum absolute atomic E-state index is 0.0310. The highest BCUT2D eigenvalue weighted by Gasteiger charge is 2.27.